The molecule has 1 heterocycles. The molecular formula is C13H11ClN2O2S2. The molecular weight excluding hydrogens is 316 g/mol. The van der Waals surface area contributed by atoms with Crippen molar-refractivity contribution in [2.45, 2.75) is 11.1 Å². The molecule has 2 rings (SSSR count). The predicted octanol–water partition coefficient (Wildman–Crippen LogP) is 3.32. The SMILES string of the molecule is CCS(=O)(=O)c1sc(N)c(C#N)c1-c1cccc(Cl)c1. The minimum absolute atomic E-state index is 0.0502. The first-order valence-electron chi connectivity index (χ1n) is 5.71. The second kappa shape index (κ2) is 5.44. The third kappa shape index (κ3) is 2.52. The van der Waals surface area contributed by atoms with Crippen molar-refractivity contribution in [3.8, 4) is 17.2 Å². The molecule has 7 heteroatoms. The first kappa shape index (κ1) is 14.9. The lowest BCUT2D eigenvalue weighted by molar-refractivity contribution is 0.599. The van der Waals surface area contributed by atoms with E-state index in [0.29, 0.717) is 16.1 Å². The van der Waals surface area contributed by atoms with Crippen molar-refractivity contribution < 1.29 is 8.42 Å². The number of nitrogen functional groups attached to an aromatic ring is 1. The molecule has 0 radical (unpaired) electrons. The molecule has 104 valence electrons. The molecule has 1 aromatic heterocycles. The van der Waals surface area contributed by atoms with E-state index in [2.05, 4.69) is 0 Å². The topological polar surface area (TPSA) is 83.9 Å². The van der Waals surface area contributed by atoms with Crippen LogP contribution in [0.25, 0.3) is 11.1 Å². The van der Waals surface area contributed by atoms with E-state index < -0.39 is 9.84 Å². The molecule has 0 unspecified atom stereocenters. The Morgan fingerprint density at radius 3 is 2.70 bits per heavy atom. The largest absolute Gasteiger partial charge is 0.389 e. The van der Waals surface area contributed by atoms with Gasteiger partial charge in [0.2, 0.25) is 0 Å². The molecule has 4 nitrogen and oxygen atoms in total. The summed E-state index contributed by atoms with van der Waals surface area (Å²) in [5.41, 5.74) is 6.89. The van der Waals surface area contributed by atoms with Crippen molar-refractivity contribution in [3.05, 3.63) is 34.9 Å². The van der Waals surface area contributed by atoms with Crippen LogP contribution in [0.1, 0.15) is 12.5 Å². The molecule has 20 heavy (non-hydrogen) atoms. The third-order valence-electron chi connectivity index (χ3n) is 2.79. The maximum Gasteiger partial charge on any atom is 0.188 e. The highest BCUT2D eigenvalue weighted by Crippen LogP contribution is 2.41. The molecule has 0 atom stereocenters. The highest BCUT2D eigenvalue weighted by atomic mass is 35.5. The van der Waals surface area contributed by atoms with Crippen molar-refractivity contribution in [2.24, 2.45) is 0 Å². The summed E-state index contributed by atoms with van der Waals surface area (Å²) in [6.07, 6.45) is 0. The zero-order valence-corrected chi connectivity index (χ0v) is 12.9. The maximum atomic E-state index is 12.2. The molecule has 0 fully saturated rings. The summed E-state index contributed by atoms with van der Waals surface area (Å²) in [7, 11) is -3.46. The van der Waals surface area contributed by atoms with Gasteiger partial charge in [-0.25, -0.2) is 8.42 Å². The lowest BCUT2D eigenvalue weighted by atomic mass is 10.1. The minimum atomic E-state index is -3.46. The van der Waals surface area contributed by atoms with Gasteiger partial charge in [0.05, 0.1) is 11.3 Å². The van der Waals surface area contributed by atoms with Crippen molar-refractivity contribution >= 4 is 37.8 Å². The number of rotatable bonds is 3. The second-order valence-corrected chi connectivity index (χ2v) is 7.99. The van der Waals surface area contributed by atoms with Crippen LogP contribution in [0, 0.1) is 11.3 Å². The maximum absolute atomic E-state index is 12.2. The Hall–Kier alpha value is -1.55. The molecule has 0 saturated carbocycles. The summed E-state index contributed by atoms with van der Waals surface area (Å²) in [5.74, 6) is -0.0502. The fourth-order valence-corrected chi connectivity index (χ4v) is 4.68. The second-order valence-electron chi connectivity index (χ2n) is 4.03. The average molecular weight is 327 g/mol. The summed E-state index contributed by atoms with van der Waals surface area (Å²) >= 11 is 6.86. The first-order chi connectivity index (χ1) is 9.40. The summed E-state index contributed by atoms with van der Waals surface area (Å²) in [6.45, 7) is 1.55. The smallest absolute Gasteiger partial charge is 0.188 e. The Labute approximate surface area is 126 Å². The normalized spacial score (nSPS) is 11.2. The highest BCUT2D eigenvalue weighted by Gasteiger charge is 2.26. The summed E-state index contributed by atoms with van der Waals surface area (Å²) in [5, 5.41) is 9.90. The van der Waals surface area contributed by atoms with Crippen LogP contribution in [-0.4, -0.2) is 14.2 Å². The molecule has 0 aliphatic heterocycles. The van der Waals surface area contributed by atoms with Crippen molar-refractivity contribution in [2.75, 3.05) is 11.5 Å². The van der Waals surface area contributed by atoms with Gasteiger partial charge < -0.3 is 5.73 Å². The van der Waals surface area contributed by atoms with Crippen molar-refractivity contribution in [1.29, 1.82) is 5.26 Å². The van der Waals surface area contributed by atoms with Gasteiger partial charge in [-0.05, 0) is 17.7 Å². The molecule has 0 bridgehead atoms. The quantitative estimate of drug-likeness (QED) is 0.937. The number of nitriles is 1. The molecule has 2 N–H and O–H groups in total. The number of thiophene rings is 1. The number of hydrogen-bond donors (Lipinski definition) is 1. The average Bonchev–Trinajstić information content (AvgIpc) is 2.76. The number of nitrogens with zero attached hydrogens (tertiary/aromatic N) is 1. The van der Waals surface area contributed by atoms with Gasteiger partial charge in [0.1, 0.15) is 15.3 Å². The van der Waals surface area contributed by atoms with E-state index in [0.717, 1.165) is 11.3 Å². The Balaban J connectivity index is 2.84. The van der Waals surface area contributed by atoms with Gasteiger partial charge in [0.15, 0.2) is 9.84 Å². The lowest BCUT2D eigenvalue weighted by Crippen LogP contribution is -2.03. The monoisotopic (exact) mass is 326 g/mol. The molecule has 0 saturated heterocycles. The zero-order valence-electron chi connectivity index (χ0n) is 10.6. The number of hydrogen-bond acceptors (Lipinski definition) is 5. The molecule has 0 aliphatic carbocycles. The fraction of sp³-hybridized carbons (Fsp3) is 0.154. The lowest BCUT2D eigenvalue weighted by Gasteiger charge is -2.05. The van der Waals surface area contributed by atoms with Crippen LogP contribution in [0.5, 0.6) is 0 Å². The molecule has 0 amide bonds. The van der Waals surface area contributed by atoms with E-state index in [4.69, 9.17) is 17.3 Å². The number of nitrogens with two attached hydrogens (primary N) is 1. The van der Waals surface area contributed by atoms with E-state index in [1.807, 2.05) is 6.07 Å². The van der Waals surface area contributed by atoms with Gasteiger partial charge in [-0.2, -0.15) is 5.26 Å². The number of halogens is 1. The van der Waals surface area contributed by atoms with Crippen LogP contribution < -0.4 is 5.73 Å². The van der Waals surface area contributed by atoms with Gasteiger partial charge in [0, 0.05) is 10.6 Å². The summed E-state index contributed by atoms with van der Waals surface area (Å²) in [6, 6.07) is 8.70. The van der Waals surface area contributed by atoms with Gasteiger partial charge in [-0.1, -0.05) is 30.7 Å². The first-order valence-corrected chi connectivity index (χ1v) is 8.56. The van der Waals surface area contributed by atoms with Gasteiger partial charge in [-0.15, -0.1) is 11.3 Å². The van der Waals surface area contributed by atoms with Gasteiger partial charge in [0.25, 0.3) is 0 Å². The van der Waals surface area contributed by atoms with Crippen LogP contribution >= 0.6 is 22.9 Å². The van der Waals surface area contributed by atoms with Crippen LogP contribution in [-0.2, 0) is 9.84 Å². The number of anilines is 1. The zero-order chi connectivity index (χ0) is 14.9. The van der Waals surface area contributed by atoms with Crippen LogP contribution in [0.2, 0.25) is 5.02 Å². The predicted molar refractivity (Wildman–Crippen MR) is 81.6 cm³/mol. The van der Waals surface area contributed by atoms with E-state index in [-0.39, 0.29) is 20.5 Å². The molecule has 1 aromatic carbocycles. The van der Waals surface area contributed by atoms with E-state index in [1.54, 1.807) is 31.2 Å². The standard InChI is InChI=1S/C13H11ClN2O2S2/c1-2-20(17,18)13-11(10(7-15)12(16)19-13)8-4-3-5-9(14)6-8/h3-6H,2,16H2,1H3. The van der Waals surface area contributed by atoms with Crippen molar-refractivity contribution in [3.63, 3.8) is 0 Å². The Bertz CT molecular complexity index is 804. The Morgan fingerprint density at radius 1 is 1.45 bits per heavy atom. The van der Waals surface area contributed by atoms with Crippen LogP contribution in [0.3, 0.4) is 0 Å². The van der Waals surface area contributed by atoms with Gasteiger partial charge in [-0.3, -0.25) is 0 Å². The molecule has 0 aliphatic rings. The summed E-state index contributed by atoms with van der Waals surface area (Å²) < 4.78 is 24.5. The van der Waals surface area contributed by atoms with E-state index in [9.17, 15) is 13.7 Å². The van der Waals surface area contributed by atoms with Gasteiger partial charge >= 0.3 is 0 Å². The fourth-order valence-electron chi connectivity index (χ4n) is 1.79. The van der Waals surface area contributed by atoms with Crippen molar-refractivity contribution in [1.82, 2.24) is 0 Å². The number of benzene rings is 1. The Kier molecular flexibility index (Phi) is 4.04. The van der Waals surface area contributed by atoms with Crippen LogP contribution in [0.15, 0.2) is 28.5 Å². The Morgan fingerprint density at radius 2 is 2.15 bits per heavy atom. The molecule has 0 spiro atoms. The summed E-state index contributed by atoms with van der Waals surface area (Å²) in [4.78, 5) is 0. The molecule has 2 aromatic rings. The minimum Gasteiger partial charge on any atom is -0.389 e. The van der Waals surface area contributed by atoms with E-state index >= 15 is 0 Å². The third-order valence-corrected chi connectivity index (χ3v) is 6.38. The highest BCUT2D eigenvalue weighted by molar-refractivity contribution is 7.93. The van der Waals surface area contributed by atoms with E-state index in [1.165, 1.54) is 0 Å². The number of sulfone groups is 1. The van der Waals surface area contributed by atoms with Crippen LogP contribution in [0.4, 0.5) is 5.00 Å².